The molecule has 1 fully saturated rings. The standard InChI is InChI=1S/C9H19N3O/c1-3-12(8-6-11-7-8)5-4-9(13)10-2/h8,11H,3-7H2,1-2H3,(H,10,13). The van der Waals surface area contributed by atoms with E-state index < -0.39 is 0 Å². The molecule has 0 aromatic heterocycles. The Balaban J connectivity index is 2.19. The average molecular weight is 185 g/mol. The summed E-state index contributed by atoms with van der Waals surface area (Å²) >= 11 is 0. The highest BCUT2D eigenvalue weighted by Crippen LogP contribution is 2.04. The molecule has 76 valence electrons. The number of likely N-dealkylation sites (N-methyl/N-ethyl adjacent to an activating group) is 1. The smallest absolute Gasteiger partial charge is 0.221 e. The van der Waals surface area contributed by atoms with Crippen LogP contribution >= 0.6 is 0 Å². The summed E-state index contributed by atoms with van der Waals surface area (Å²) in [5.74, 6) is 0.130. The van der Waals surface area contributed by atoms with Crippen LogP contribution in [0.4, 0.5) is 0 Å². The van der Waals surface area contributed by atoms with E-state index in [1.807, 2.05) is 0 Å². The summed E-state index contributed by atoms with van der Waals surface area (Å²) < 4.78 is 0. The van der Waals surface area contributed by atoms with Crippen LogP contribution in [0.5, 0.6) is 0 Å². The number of carbonyl (C=O) groups is 1. The molecular weight excluding hydrogens is 166 g/mol. The van der Waals surface area contributed by atoms with Crippen LogP contribution in [0.15, 0.2) is 0 Å². The highest BCUT2D eigenvalue weighted by atomic mass is 16.1. The van der Waals surface area contributed by atoms with Crippen molar-refractivity contribution in [3.63, 3.8) is 0 Å². The fraction of sp³-hybridized carbons (Fsp3) is 0.889. The maximum absolute atomic E-state index is 11.0. The van der Waals surface area contributed by atoms with Crippen LogP contribution in [0, 0.1) is 0 Å². The molecule has 0 aromatic carbocycles. The Morgan fingerprint density at radius 1 is 1.62 bits per heavy atom. The van der Waals surface area contributed by atoms with Gasteiger partial charge in [-0.15, -0.1) is 0 Å². The third kappa shape index (κ3) is 2.97. The molecule has 1 saturated heterocycles. The molecule has 0 bridgehead atoms. The maximum atomic E-state index is 11.0. The van der Waals surface area contributed by atoms with Gasteiger partial charge < -0.3 is 10.6 Å². The van der Waals surface area contributed by atoms with Gasteiger partial charge in [0, 0.05) is 39.1 Å². The van der Waals surface area contributed by atoms with Crippen LogP contribution in [0.2, 0.25) is 0 Å². The fourth-order valence-corrected chi connectivity index (χ4v) is 1.50. The van der Waals surface area contributed by atoms with Crippen LogP contribution in [0.25, 0.3) is 0 Å². The van der Waals surface area contributed by atoms with Crippen LogP contribution in [-0.2, 0) is 4.79 Å². The van der Waals surface area contributed by atoms with E-state index in [9.17, 15) is 4.79 Å². The van der Waals surface area contributed by atoms with E-state index in [2.05, 4.69) is 22.5 Å². The quantitative estimate of drug-likeness (QED) is 0.602. The second-order valence-electron chi connectivity index (χ2n) is 3.36. The first kappa shape index (κ1) is 10.5. The lowest BCUT2D eigenvalue weighted by molar-refractivity contribution is -0.121. The second kappa shape index (κ2) is 5.19. The van der Waals surface area contributed by atoms with E-state index in [0.29, 0.717) is 12.5 Å². The first-order valence-electron chi connectivity index (χ1n) is 4.93. The van der Waals surface area contributed by atoms with Crippen molar-refractivity contribution in [2.45, 2.75) is 19.4 Å². The Bertz CT molecular complexity index is 168. The predicted molar refractivity (Wildman–Crippen MR) is 52.6 cm³/mol. The van der Waals surface area contributed by atoms with Crippen molar-refractivity contribution in [3.05, 3.63) is 0 Å². The molecule has 2 N–H and O–H groups in total. The van der Waals surface area contributed by atoms with Crippen LogP contribution in [0.1, 0.15) is 13.3 Å². The van der Waals surface area contributed by atoms with Crippen molar-refractivity contribution >= 4 is 5.91 Å². The lowest BCUT2D eigenvalue weighted by atomic mass is 10.1. The molecule has 0 aliphatic carbocycles. The molecule has 0 aromatic rings. The summed E-state index contributed by atoms with van der Waals surface area (Å²) in [7, 11) is 1.68. The van der Waals surface area contributed by atoms with Gasteiger partial charge in [-0.25, -0.2) is 0 Å². The lowest BCUT2D eigenvalue weighted by Crippen LogP contribution is -2.57. The molecule has 0 unspecified atom stereocenters. The third-order valence-corrected chi connectivity index (χ3v) is 2.59. The zero-order valence-electron chi connectivity index (χ0n) is 8.47. The highest BCUT2D eigenvalue weighted by Gasteiger charge is 2.22. The van der Waals surface area contributed by atoms with Crippen molar-refractivity contribution in [2.24, 2.45) is 0 Å². The number of carbonyl (C=O) groups excluding carboxylic acids is 1. The normalized spacial score (nSPS) is 17.2. The van der Waals surface area contributed by atoms with Gasteiger partial charge in [0.05, 0.1) is 0 Å². The van der Waals surface area contributed by atoms with E-state index in [1.54, 1.807) is 7.05 Å². The molecule has 1 heterocycles. The van der Waals surface area contributed by atoms with Crippen molar-refractivity contribution in [3.8, 4) is 0 Å². The van der Waals surface area contributed by atoms with E-state index in [1.165, 1.54) is 0 Å². The minimum Gasteiger partial charge on any atom is -0.359 e. The Hall–Kier alpha value is -0.610. The largest absolute Gasteiger partial charge is 0.359 e. The monoisotopic (exact) mass is 185 g/mol. The Morgan fingerprint density at radius 3 is 2.69 bits per heavy atom. The van der Waals surface area contributed by atoms with Crippen molar-refractivity contribution in [1.82, 2.24) is 15.5 Å². The van der Waals surface area contributed by atoms with Gasteiger partial charge in [0.2, 0.25) is 5.91 Å². The SMILES string of the molecule is CCN(CCC(=O)NC)C1CNC1. The molecule has 0 saturated carbocycles. The van der Waals surface area contributed by atoms with E-state index in [-0.39, 0.29) is 5.91 Å². The van der Waals surface area contributed by atoms with Gasteiger partial charge in [0.15, 0.2) is 0 Å². The number of hydrogen-bond acceptors (Lipinski definition) is 3. The van der Waals surface area contributed by atoms with Crippen molar-refractivity contribution in [1.29, 1.82) is 0 Å². The minimum absolute atomic E-state index is 0.130. The van der Waals surface area contributed by atoms with Gasteiger partial charge in [-0.3, -0.25) is 9.69 Å². The van der Waals surface area contributed by atoms with E-state index in [4.69, 9.17) is 0 Å². The summed E-state index contributed by atoms with van der Waals surface area (Å²) in [6.45, 7) is 6.19. The van der Waals surface area contributed by atoms with Gasteiger partial charge in [-0.05, 0) is 6.54 Å². The molecule has 0 atom stereocenters. The number of nitrogens with zero attached hydrogens (tertiary/aromatic N) is 1. The zero-order valence-corrected chi connectivity index (χ0v) is 8.47. The second-order valence-corrected chi connectivity index (χ2v) is 3.36. The first-order valence-corrected chi connectivity index (χ1v) is 4.93. The Labute approximate surface area is 79.7 Å². The first-order chi connectivity index (χ1) is 6.27. The average Bonchev–Trinajstić information content (AvgIpc) is 2.08. The summed E-state index contributed by atoms with van der Waals surface area (Å²) in [6.07, 6.45) is 0.612. The Kier molecular flexibility index (Phi) is 4.18. The third-order valence-electron chi connectivity index (χ3n) is 2.59. The molecular formula is C9H19N3O. The summed E-state index contributed by atoms with van der Waals surface area (Å²) in [4.78, 5) is 13.4. The number of rotatable bonds is 5. The van der Waals surface area contributed by atoms with Crippen molar-refractivity contribution < 1.29 is 4.79 Å². The van der Waals surface area contributed by atoms with Gasteiger partial charge in [0.25, 0.3) is 0 Å². The predicted octanol–water partition coefficient (Wildman–Crippen LogP) is -0.584. The molecule has 4 nitrogen and oxygen atoms in total. The Morgan fingerprint density at radius 2 is 2.31 bits per heavy atom. The summed E-state index contributed by atoms with van der Waals surface area (Å²) in [5.41, 5.74) is 0. The van der Waals surface area contributed by atoms with Gasteiger partial charge in [-0.1, -0.05) is 6.92 Å². The maximum Gasteiger partial charge on any atom is 0.221 e. The molecule has 13 heavy (non-hydrogen) atoms. The molecule has 4 heteroatoms. The lowest BCUT2D eigenvalue weighted by Gasteiger charge is -2.37. The van der Waals surface area contributed by atoms with E-state index in [0.717, 1.165) is 26.2 Å². The molecule has 1 aliphatic heterocycles. The number of amides is 1. The van der Waals surface area contributed by atoms with Crippen LogP contribution < -0.4 is 10.6 Å². The van der Waals surface area contributed by atoms with Crippen LogP contribution in [0.3, 0.4) is 0 Å². The van der Waals surface area contributed by atoms with Crippen LogP contribution in [-0.4, -0.2) is 50.1 Å². The summed E-state index contributed by atoms with van der Waals surface area (Å²) in [6, 6.07) is 0.648. The molecule has 1 amide bonds. The topological polar surface area (TPSA) is 44.4 Å². The van der Waals surface area contributed by atoms with Gasteiger partial charge >= 0.3 is 0 Å². The minimum atomic E-state index is 0.130. The molecule has 1 rings (SSSR count). The van der Waals surface area contributed by atoms with Crippen molar-refractivity contribution in [2.75, 3.05) is 33.2 Å². The molecule has 0 spiro atoms. The highest BCUT2D eigenvalue weighted by molar-refractivity contribution is 5.75. The van der Waals surface area contributed by atoms with Gasteiger partial charge in [-0.2, -0.15) is 0 Å². The van der Waals surface area contributed by atoms with E-state index >= 15 is 0 Å². The fourth-order valence-electron chi connectivity index (χ4n) is 1.50. The molecule has 1 aliphatic rings. The summed E-state index contributed by atoms with van der Waals surface area (Å²) in [5, 5.41) is 5.87. The molecule has 0 radical (unpaired) electrons. The van der Waals surface area contributed by atoms with Gasteiger partial charge in [0.1, 0.15) is 0 Å². The number of hydrogen-bond donors (Lipinski definition) is 2. The zero-order chi connectivity index (χ0) is 9.68. The number of nitrogens with one attached hydrogen (secondary N) is 2.